The van der Waals surface area contributed by atoms with E-state index in [1.165, 1.54) is 131 Å². The molecule has 296 valence electrons. The lowest BCUT2D eigenvalue weighted by atomic mass is 9.81. The standard InChI is InChI=1S/C62H48/c1-61(2,3)40-29-27-37(28-30-40)42-32-31-41(62(4,5)6)35-51(42)45-33-34-50-56-47(45)24-16-26-49(56)59-54(38-17-9-7-10-18-38)53-36-52-44-22-14-13-21-43(44)46-23-15-25-48(57(46)52)58(53)55(60(50)59)39-19-11-8-12-20-39/h7-36H,1-6H3. The van der Waals surface area contributed by atoms with Crippen LogP contribution in [0.15, 0.2) is 182 Å². The summed E-state index contributed by atoms with van der Waals surface area (Å²) in [5.74, 6) is 0. The van der Waals surface area contributed by atoms with Crippen molar-refractivity contribution in [3.8, 4) is 44.5 Å². The van der Waals surface area contributed by atoms with E-state index in [1.54, 1.807) is 0 Å². The fourth-order valence-corrected chi connectivity index (χ4v) is 10.9. The lowest BCUT2D eigenvalue weighted by molar-refractivity contribution is 0.590. The summed E-state index contributed by atoms with van der Waals surface area (Å²) in [6, 6.07) is 69.2. The highest BCUT2D eigenvalue weighted by Gasteiger charge is 2.28. The summed E-state index contributed by atoms with van der Waals surface area (Å²) in [6.45, 7) is 13.8. The fourth-order valence-electron chi connectivity index (χ4n) is 10.9. The third-order valence-corrected chi connectivity index (χ3v) is 13.9. The van der Waals surface area contributed by atoms with Crippen molar-refractivity contribution in [2.45, 2.75) is 52.4 Å². The van der Waals surface area contributed by atoms with Gasteiger partial charge in [0, 0.05) is 0 Å². The molecule has 0 heteroatoms. The van der Waals surface area contributed by atoms with Crippen LogP contribution in [0.4, 0.5) is 0 Å². The van der Waals surface area contributed by atoms with Gasteiger partial charge in [-0.1, -0.05) is 211 Å². The molecule has 0 amide bonds. The number of rotatable bonds is 4. The van der Waals surface area contributed by atoms with Gasteiger partial charge in [-0.05, 0) is 154 Å². The lowest BCUT2D eigenvalue weighted by Gasteiger charge is -2.23. The number of fused-ring (bicyclic) bond motifs is 8. The molecule has 62 heavy (non-hydrogen) atoms. The molecule has 0 aliphatic rings. The van der Waals surface area contributed by atoms with Crippen LogP contribution >= 0.6 is 0 Å². The molecule has 0 saturated heterocycles. The van der Waals surface area contributed by atoms with Crippen LogP contribution in [0.3, 0.4) is 0 Å². The average molecular weight is 793 g/mol. The Kier molecular flexibility index (Phi) is 7.86. The monoisotopic (exact) mass is 792 g/mol. The predicted octanol–water partition coefficient (Wildman–Crippen LogP) is 17.9. The second kappa shape index (κ2) is 13.2. The third-order valence-electron chi connectivity index (χ3n) is 13.9. The van der Waals surface area contributed by atoms with E-state index in [2.05, 4.69) is 224 Å². The third kappa shape index (κ3) is 5.32. The second-order valence-corrected chi connectivity index (χ2v) is 19.6. The van der Waals surface area contributed by atoms with Gasteiger partial charge in [-0.15, -0.1) is 0 Å². The van der Waals surface area contributed by atoms with Crippen molar-refractivity contribution in [2.75, 3.05) is 0 Å². The molecule has 0 heterocycles. The molecule has 0 nitrogen and oxygen atoms in total. The summed E-state index contributed by atoms with van der Waals surface area (Å²) in [5.41, 5.74) is 12.9. The molecule has 0 N–H and O–H groups in total. The molecule has 0 radical (unpaired) electrons. The number of hydrogen-bond acceptors (Lipinski definition) is 0. The molecule has 0 fully saturated rings. The van der Waals surface area contributed by atoms with E-state index >= 15 is 0 Å². The highest BCUT2D eigenvalue weighted by Crippen LogP contribution is 2.55. The molecule has 0 spiro atoms. The zero-order chi connectivity index (χ0) is 42.1. The first-order chi connectivity index (χ1) is 30.1. The van der Waals surface area contributed by atoms with Crippen molar-refractivity contribution in [3.05, 3.63) is 193 Å². The van der Waals surface area contributed by atoms with Crippen LogP contribution in [0.25, 0.3) is 120 Å². The van der Waals surface area contributed by atoms with E-state index in [0.717, 1.165) is 0 Å². The summed E-state index contributed by atoms with van der Waals surface area (Å²) in [5, 5.41) is 18.5. The highest BCUT2D eigenvalue weighted by atomic mass is 14.3. The van der Waals surface area contributed by atoms with Crippen LogP contribution in [-0.4, -0.2) is 0 Å². The van der Waals surface area contributed by atoms with Gasteiger partial charge in [-0.3, -0.25) is 0 Å². The predicted molar refractivity (Wildman–Crippen MR) is 270 cm³/mol. The van der Waals surface area contributed by atoms with Crippen molar-refractivity contribution in [3.63, 3.8) is 0 Å². The highest BCUT2D eigenvalue weighted by molar-refractivity contribution is 6.45. The zero-order valence-corrected chi connectivity index (χ0v) is 36.3. The number of hydrogen-bond donors (Lipinski definition) is 0. The van der Waals surface area contributed by atoms with E-state index in [1.807, 2.05) is 0 Å². The topological polar surface area (TPSA) is 0 Å². The molecular formula is C62H48. The molecular weight excluding hydrogens is 745 g/mol. The van der Waals surface area contributed by atoms with Crippen LogP contribution in [0.5, 0.6) is 0 Å². The van der Waals surface area contributed by atoms with Crippen molar-refractivity contribution < 1.29 is 0 Å². The Hall–Kier alpha value is -7.02. The van der Waals surface area contributed by atoms with E-state index in [-0.39, 0.29) is 10.8 Å². The van der Waals surface area contributed by atoms with Crippen LogP contribution in [0.2, 0.25) is 0 Å². The molecule has 12 aromatic rings. The van der Waals surface area contributed by atoms with Crippen molar-refractivity contribution in [2.24, 2.45) is 0 Å². The fraction of sp³-hybridized carbons (Fsp3) is 0.129. The Balaban J connectivity index is 1.27. The first-order valence-corrected chi connectivity index (χ1v) is 22.2. The molecule has 0 aliphatic carbocycles. The molecule has 0 aliphatic heterocycles. The molecule has 12 aromatic carbocycles. The average Bonchev–Trinajstić information content (AvgIpc) is 3.79. The molecule has 0 atom stereocenters. The molecule has 0 unspecified atom stereocenters. The zero-order valence-electron chi connectivity index (χ0n) is 36.3. The minimum atomic E-state index is -0.00562. The first kappa shape index (κ1) is 36.8. The Morgan fingerprint density at radius 3 is 1.39 bits per heavy atom. The van der Waals surface area contributed by atoms with Crippen molar-refractivity contribution in [1.29, 1.82) is 0 Å². The largest absolute Gasteiger partial charge is 0.0622 e. The molecule has 0 saturated carbocycles. The Bertz CT molecular complexity index is 3710. The van der Waals surface area contributed by atoms with Gasteiger partial charge in [0.2, 0.25) is 0 Å². The van der Waals surface area contributed by atoms with Gasteiger partial charge in [0.15, 0.2) is 0 Å². The van der Waals surface area contributed by atoms with Gasteiger partial charge in [0.05, 0.1) is 0 Å². The van der Waals surface area contributed by atoms with E-state index < -0.39 is 0 Å². The molecule has 0 aromatic heterocycles. The van der Waals surface area contributed by atoms with Gasteiger partial charge in [-0.2, -0.15) is 0 Å². The second-order valence-electron chi connectivity index (χ2n) is 19.6. The van der Waals surface area contributed by atoms with E-state index in [4.69, 9.17) is 0 Å². The van der Waals surface area contributed by atoms with Crippen LogP contribution in [0.1, 0.15) is 52.7 Å². The first-order valence-electron chi connectivity index (χ1n) is 22.2. The van der Waals surface area contributed by atoms with Crippen LogP contribution < -0.4 is 0 Å². The van der Waals surface area contributed by atoms with Gasteiger partial charge < -0.3 is 0 Å². The van der Waals surface area contributed by atoms with Crippen molar-refractivity contribution >= 4 is 75.4 Å². The van der Waals surface area contributed by atoms with Crippen LogP contribution in [0, 0.1) is 0 Å². The number of benzene rings is 10. The Morgan fingerprint density at radius 2 is 0.726 bits per heavy atom. The quantitative estimate of drug-likeness (QED) is 0.156. The summed E-state index contributed by atoms with van der Waals surface area (Å²) in [4.78, 5) is 0. The Morgan fingerprint density at radius 1 is 0.242 bits per heavy atom. The molecule has 12 rings (SSSR count). The van der Waals surface area contributed by atoms with Gasteiger partial charge in [0.25, 0.3) is 0 Å². The van der Waals surface area contributed by atoms with Gasteiger partial charge >= 0.3 is 0 Å². The van der Waals surface area contributed by atoms with Gasteiger partial charge in [-0.25, -0.2) is 0 Å². The van der Waals surface area contributed by atoms with Crippen molar-refractivity contribution in [1.82, 2.24) is 0 Å². The minimum Gasteiger partial charge on any atom is -0.0622 e. The molecule has 0 bridgehead atoms. The van der Waals surface area contributed by atoms with E-state index in [0.29, 0.717) is 0 Å². The summed E-state index contributed by atoms with van der Waals surface area (Å²) >= 11 is 0. The lowest BCUT2D eigenvalue weighted by Crippen LogP contribution is -2.11. The SMILES string of the molecule is CC(C)(C)c1ccc(-c2ccc(C(C)(C)C)cc2-c2ccc3c4c(-c5ccccc5)c5c(cc6c7ccccc7c7cccc5c76)c(-c5ccccc5)c4c4cccc2c43)cc1. The van der Waals surface area contributed by atoms with Gasteiger partial charge in [0.1, 0.15) is 0 Å². The van der Waals surface area contributed by atoms with E-state index in [9.17, 15) is 0 Å². The minimum absolute atomic E-state index is 0.00562. The maximum absolute atomic E-state index is 2.53. The smallest absolute Gasteiger partial charge is 0.000719 e. The normalized spacial score (nSPS) is 12.7. The summed E-state index contributed by atoms with van der Waals surface area (Å²) in [7, 11) is 0. The Labute approximate surface area is 363 Å². The summed E-state index contributed by atoms with van der Waals surface area (Å²) < 4.78 is 0. The van der Waals surface area contributed by atoms with Crippen LogP contribution in [-0.2, 0) is 10.8 Å². The maximum atomic E-state index is 2.53. The summed E-state index contributed by atoms with van der Waals surface area (Å²) in [6.07, 6.45) is 0. The maximum Gasteiger partial charge on any atom is -0.000719 e.